The van der Waals surface area contributed by atoms with Gasteiger partial charge in [0.15, 0.2) is 0 Å². The first-order valence-corrected chi connectivity index (χ1v) is 6.59. The van der Waals surface area contributed by atoms with E-state index >= 15 is 0 Å². The molecule has 1 N–H and O–H groups in total. The van der Waals surface area contributed by atoms with E-state index in [0.717, 1.165) is 13.0 Å². The van der Waals surface area contributed by atoms with Gasteiger partial charge in [-0.2, -0.15) is 4.98 Å². The number of nitrogens with one attached hydrogen (secondary N) is 1. The molecular formula is C13H19N5O. The average molecular weight is 261 g/mol. The van der Waals surface area contributed by atoms with E-state index in [4.69, 9.17) is 4.52 Å². The Bertz CT molecular complexity index is 499. The number of nitrogens with zero attached hydrogens (tertiary/aromatic N) is 4. The monoisotopic (exact) mass is 261 g/mol. The number of likely N-dealkylation sites (N-methyl/N-ethyl adjacent to an activating group) is 1. The highest BCUT2D eigenvalue weighted by molar-refractivity contribution is 5.45. The second-order valence-corrected chi connectivity index (χ2v) is 4.41. The van der Waals surface area contributed by atoms with Gasteiger partial charge >= 0.3 is 0 Å². The van der Waals surface area contributed by atoms with Crippen LogP contribution in [0.4, 0.5) is 0 Å². The molecule has 0 fully saturated rings. The molecule has 0 saturated heterocycles. The number of hydrogen-bond acceptors (Lipinski definition) is 6. The minimum absolute atomic E-state index is 0.206. The van der Waals surface area contributed by atoms with Crippen LogP contribution < -0.4 is 5.32 Å². The van der Waals surface area contributed by atoms with Crippen molar-refractivity contribution in [2.45, 2.75) is 39.2 Å². The molecule has 2 aromatic heterocycles. The van der Waals surface area contributed by atoms with E-state index in [1.165, 1.54) is 0 Å². The van der Waals surface area contributed by atoms with Crippen molar-refractivity contribution in [1.82, 2.24) is 25.4 Å². The number of hydrogen-bond donors (Lipinski definition) is 1. The summed E-state index contributed by atoms with van der Waals surface area (Å²) in [5.41, 5.74) is 0.628. The lowest BCUT2D eigenvalue weighted by Gasteiger charge is -2.19. The molecule has 0 spiro atoms. The SMILES string of the molecule is CCNC(C)C(CC)c1nc(-c2cnccn2)no1. The van der Waals surface area contributed by atoms with Crippen molar-refractivity contribution in [3.05, 3.63) is 24.5 Å². The van der Waals surface area contributed by atoms with Gasteiger partial charge in [-0.05, 0) is 19.9 Å². The fourth-order valence-corrected chi connectivity index (χ4v) is 2.11. The van der Waals surface area contributed by atoms with Crippen LogP contribution in [0, 0.1) is 0 Å². The maximum atomic E-state index is 5.37. The summed E-state index contributed by atoms with van der Waals surface area (Å²) >= 11 is 0. The van der Waals surface area contributed by atoms with E-state index in [0.29, 0.717) is 23.5 Å². The van der Waals surface area contributed by atoms with Gasteiger partial charge < -0.3 is 9.84 Å². The Balaban J connectivity index is 2.20. The van der Waals surface area contributed by atoms with Gasteiger partial charge in [-0.3, -0.25) is 4.98 Å². The van der Waals surface area contributed by atoms with Crippen LogP contribution >= 0.6 is 0 Å². The van der Waals surface area contributed by atoms with Crippen LogP contribution in [-0.2, 0) is 0 Å². The highest BCUT2D eigenvalue weighted by Crippen LogP contribution is 2.23. The summed E-state index contributed by atoms with van der Waals surface area (Å²) in [5, 5.41) is 7.37. The van der Waals surface area contributed by atoms with Crippen molar-refractivity contribution >= 4 is 0 Å². The summed E-state index contributed by atoms with van der Waals surface area (Å²) in [4.78, 5) is 12.6. The van der Waals surface area contributed by atoms with Crippen LogP contribution in [0.15, 0.2) is 23.1 Å². The fourth-order valence-electron chi connectivity index (χ4n) is 2.11. The van der Waals surface area contributed by atoms with Crippen LogP contribution in [0.1, 0.15) is 39.0 Å². The normalized spacial score (nSPS) is 14.3. The smallest absolute Gasteiger partial charge is 0.231 e. The highest BCUT2D eigenvalue weighted by Gasteiger charge is 2.23. The molecule has 0 aliphatic rings. The van der Waals surface area contributed by atoms with Gasteiger partial charge in [-0.25, -0.2) is 4.98 Å². The first-order chi connectivity index (χ1) is 9.26. The Morgan fingerprint density at radius 3 is 2.79 bits per heavy atom. The van der Waals surface area contributed by atoms with Crippen molar-refractivity contribution in [3.8, 4) is 11.5 Å². The molecule has 0 aliphatic heterocycles. The second-order valence-electron chi connectivity index (χ2n) is 4.41. The third kappa shape index (κ3) is 3.14. The molecule has 0 amide bonds. The largest absolute Gasteiger partial charge is 0.339 e. The summed E-state index contributed by atoms with van der Waals surface area (Å²) < 4.78 is 5.37. The van der Waals surface area contributed by atoms with Crippen LogP contribution in [-0.4, -0.2) is 32.7 Å². The lowest BCUT2D eigenvalue weighted by atomic mass is 9.98. The molecule has 0 bridgehead atoms. The summed E-state index contributed by atoms with van der Waals surface area (Å²) in [6, 6.07) is 0.296. The highest BCUT2D eigenvalue weighted by atomic mass is 16.5. The first kappa shape index (κ1) is 13.6. The van der Waals surface area contributed by atoms with Crippen molar-refractivity contribution in [2.24, 2.45) is 0 Å². The Kier molecular flexibility index (Phi) is 4.57. The number of aromatic nitrogens is 4. The maximum Gasteiger partial charge on any atom is 0.231 e. The topological polar surface area (TPSA) is 76.7 Å². The van der Waals surface area contributed by atoms with Crippen LogP contribution in [0.3, 0.4) is 0 Å². The molecule has 0 aliphatic carbocycles. The van der Waals surface area contributed by atoms with Gasteiger partial charge in [0.05, 0.1) is 12.1 Å². The zero-order valence-corrected chi connectivity index (χ0v) is 11.5. The lowest BCUT2D eigenvalue weighted by molar-refractivity contribution is 0.318. The third-order valence-corrected chi connectivity index (χ3v) is 3.12. The summed E-state index contributed by atoms with van der Waals surface area (Å²) in [5.74, 6) is 1.35. The zero-order chi connectivity index (χ0) is 13.7. The summed E-state index contributed by atoms with van der Waals surface area (Å²) in [6.45, 7) is 7.25. The van der Waals surface area contributed by atoms with E-state index in [2.05, 4.69) is 46.2 Å². The Hall–Kier alpha value is -1.82. The van der Waals surface area contributed by atoms with Gasteiger partial charge in [0, 0.05) is 18.4 Å². The molecule has 0 saturated carbocycles. The maximum absolute atomic E-state index is 5.37. The quantitative estimate of drug-likeness (QED) is 0.857. The predicted molar refractivity (Wildman–Crippen MR) is 71.5 cm³/mol. The average Bonchev–Trinajstić information content (AvgIpc) is 2.90. The Morgan fingerprint density at radius 1 is 1.32 bits per heavy atom. The van der Waals surface area contributed by atoms with Gasteiger partial charge in [-0.15, -0.1) is 0 Å². The van der Waals surface area contributed by atoms with Crippen molar-refractivity contribution in [1.29, 1.82) is 0 Å². The lowest BCUT2D eigenvalue weighted by Crippen LogP contribution is -2.31. The third-order valence-electron chi connectivity index (χ3n) is 3.12. The molecule has 19 heavy (non-hydrogen) atoms. The zero-order valence-electron chi connectivity index (χ0n) is 11.5. The summed E-state index contributed by atoms with van der Waals surface area (Å²) in [7, 11) is 0. The molecule has 2 unspecified atom stereocenters. The molecule has 102 valence electrons. The van der Waals surface area contributed by atoms with Crippen LogP contribution in [0.5, 0.6) is 0 Å². The van der Waals surface area contributed by atoms with Crippen molar-refractivity contribution < 1.29 is 4.52 Å². The van der Waals surface area contributed by atoms with E-state index < -0.39 is 0 Å². The van der Waals surface area contributed by atoms with Gasteiger partial charge in [0.1, 0.15) is 5.69 Å². The second kappa shape index (κ2) is 6.38. The molecule has 0 aromatic carbocycles. The molecule has 2 aromatic rings. The van der Waals surface area contributed by atoms with Gasteiger partial charge in [0.2, 0.25) is 11.7 Å². The molecule has 2 atom stereocenters. The molecule has 0 radical (unpaired) electrons. The van der Waals surface area contributed by atoms with Gasteiger partial charge in [0.25, 0.3) is 0 Å². The van der Waals surface area contributed by atoms with Crippen molar-refractivity contribution in [3.63, 3.8) is 0 Å². The minimum Gasteiger partial charge on any atom is -0.339 e. The van der Waals surface area contributed by atoms with E-state index in [9.17, 15) is 0 Å². The Morgan fingerprint density at radius 2 is 2.16 bits per heavy atom. The standard InChI is InChI=1S/C13H19N5O/c1-4-10(9(3)15-5-2)13-17-12(18-19-13)11-8-14-6-7-16-11/h6-10,15H,4-5H2,1-3H3. The van der Waals surface area contributed by atoms with Crippen LogP contribution in [0.25, 0.3) is 11.5 Å². The number of rotatable bonds is 6. The molecule has 6 nitrogen and oxygen atoms in total. The molecular weight excluding hydrogens is 242 g/mol. The predicted octanol–water partition coefficient (Wildman–Crippen LogP) is 2.02. The van der Waals surface area contributed by atoms with E-state index in [1.54, 1.807) is 18.6 Å². The fraction of sp³-hybridized carbons (Fsp3) is 0.538. The van der Waals surface area contributed by atoms with E-state index in [-0.39, 0.29) is 5.92 Å². The van der Waals surface area contributed by atoms with E-state index in [1.807, 2.05) is 0 Å². The summed E-state index contributed by atoms with van der Waals surface area (Å²) in [6.07, 6.45) is 5.80. The minimum atomic E-state index is 0.206. The molecule has 6 heteroatoms. The van der Waals surface area contributed by atoms with Crippen molar-refractivity contribution in [2.75, 3.05) is 6.54 Å². The van der Waals surface area contributed by atoms with Gasteiger partial charge in [-0.1, -0.05) is 19.0 Å². The first-order valence-electron chi connectivity index (χ1n) is 6.59. The Labute approximate surface area is 112 Å². The molecule has 2 heterocycles. The van der Waals surface area contributed by atoms with Crippen LogP contribution in [0.2, 0.25) is 0 Å². The molecule has 2 rings (SSSR count).